The summed E-state index contributed by atoms with van der Waals surface area (Å²) in [5.74, 6) is 1.09. The summed E-state index contributed by atoms with van der Waals surface area (Å²) in [6.45, 7) is 6.87. The topological polar surface area (TPSA) is 67.0 Å². The van der Waals surface area contributed by atoms with Crippen LogP contribution in [0, 0.1) is 11.3 Å². The highest BCUT2D eigenvalue weighted by atomic mass is 16.5. The Morgan fingerprint density at radius 2 is 2.12 bits per heavy atom. The molecule has 128 valence electrons. The van der Waals surface area contributed by atoms with E-state index in [1.165, 1.54) is 0 Å². The number of hydrogen-bond acceptors (Lipinski definition) is 4. The number of quaternary nitrogens is 1. The molecule has 0 radical (unpaired) electrons. The number of hydrogen-bond donors (Lipinski definition) is 1. The lowest BCUT2D eigenvalue weighted by atomic mass is 10.2. The molecule has 0 spiro atoms. The van der Waals surface area contributed by atoms with Crippen LogP contribution in [-0.4, -0.2) is 57.2 Å². The minimum atomic E-state index is -0.0320. The van der Waals surface area contributed by atoms with E-state index >= 15 is 0 Å². The maximum absolute atomic E-state index is 12.3. The number of rotatable bonds is 6. The van der Waals surface area contributed by atoms with Crippen LogP contribution in [0.2, 0.25) is 0 Å². The molecular formula is C18H24N3O3+. The lowest BCUT2D eigenvalue weighted by Crippen LogP contribution is -3.14. The number of ether oxygens (including phenoxy) is 2. The fourth-order valence-electron chi connectivity index (χ4n) is 2.69. The zero-order valence-corrected chi connectivity index (χ0v) is 14.2. The zero-order valence-electron chi connectivity index (χ0n) is 14.2. The Bertz CT molecular complexity index is 629. The zero-order chi connectivity index (χ0) is 17.4. The van der Waals surface area contributed by atoms with Gasteiger partial charge < -0.3 is 19.3 Å². The van der Waals surface area contributed by atoms with Crippen LogP contribution in [0.4, 0.5) is 0 Å². The molecule has 0 unspecified atom stereocenters. The van der Waals surface area contributed by atoms with Crippen LogP contribution in [0.25, 0.3) is 6.08 Å². The summed E-state index contributed by atoms with van der Waals surface area (Å²) in [5.41, 5.74) is 0.849. The molecule has 1 saturated heterocycles. The van der Waals surface area contributed by atoms with Gasteiger partial charge in [0.2, 0.25) is 5.91 Å². The van der Waals surface area contributed by atoms with E-state index in [-0.39, 0.29) is 12.5 Å². The number of benzene rings is 1. The summed E-state index contributed by atoms with van der Waals surface area (Å²) in [6, 6.07) is 7.28. The average Bonchev–Trinajstić information content (AvgIpc) is 2.64. The molecule has 0 saturated carbocycles. The highest BCUT2D eigenvalue weighted by Crippen LogP contribution is 2.28. The summed E-state index contributed by atoms with van der Waals surface area (Å²) >= 11 is 0. The van der Waals surface area contributed by atoms with Crippen LogP contribution in [0.5, 0.6) is 11.5 Å². The van der Waals surface area contributed by atoms with Crippen molar-refractivity contribution in [3.8, 4) is 17.6 Å². The van der Waals surface area contributed by atoms with Gasteiger partial charge in [0.1, 0.15) is 6.07 Å². The van der Waals surface area contributed by atoms with Crippen molar-refractivity contribution in [3.05, 3.63) is 29.8 Å². The van der Waals surface area contributed by atoms with E-state index < -0.39 is 0 Å². The van der Waals surface area contributed by atoms with Gasteiger partial charge in [-0.05, 0) is 30.7 Å². The number of nitrogens with one attached hydrogen (secondary N) is 1. The molecule has 1 fully saturated rings. The molecule has 2 rings (SSSR count). The van der Waals surface area contributed by atoms with Crippen molar-refractivity contribution < 1.29 is 19.2 Å². The second-order valence-electron chi connectivity index (χ2n) is 5.62. The first-order valence-corrected chi connectivity index (χ1v) is 8.16. The SMILES string of the molecule is CC[NH+]1CCN(C(=O)/C=C/c2ccc(OCC#N)c(OC)c2)CC1. The quantitative estimate of drug-likeness (QED) is 0.765. The smallest absolute Gasteiger partial charge is 0.246 e. The van der Waals surface area contributed by atoms with Gasteiger partial charge in [0.05, 0.1) is 39.8 Å². The molecule has 1 amide bonds. The van der Waals surface area contributed by atoms with Crippen LogP contribution in [0.1, 0.15) is 12.5 Å². The van der Waals surface area contributed by atoms with Crippen molar-refractivity contribution >= 4 is 12.0 Å². The fraction of sp³-hybridized carbons (Fsp3) is 0.444. The number of carbonyl (C=O) groups is 1. The summed E-state index contributed by atoms with van der Waals surface area (Å²) in [6.07, 6.45) is 3.37. The number of amides is 1. The molecule has 1 N–H and O–H groups in total. The van der Waals surface area contributed by atoms with E-state index in [0.29, 0.717) is 11.5 Å². The van der Waals surface area contributed by atoms with E-state index in [4.69, 9.17) is 14.7 Å². The second kappa shape index (κ2) is 8.94. The number of likely N-dealkylation sites (N-methyl/N-ethyl adjacent to an activating group) is 1. The third kappa shape index (κ3) is 4.74. The van der Waals surface area contributed by atoms with E-state index in [1.54, 1.807) is 36.3 Å². The molecular weight excluding hydrogens is 306 g/mol. The van der Waals surface area contributed by atoms with Crippen molar-refractivity contribution in [2.45, 2.75) is 6.92 Å². The molecule has 0 atom stereocenters. The summed E-state index contributed by atoms with van der Waals surface area (Å²) in [5, 5.41) is 8.58. The Labute approximate surface area is 142 Å². The van der Waals surface area contributed by atoms with Gasteiger partial charge in [0, 0.05) is 6.08 Å². The largest absolute Gasteiger partial charge is 0.493 e. The minimum absolute atomic E-state index is 0.0320. The first-order valence-electron chi connectivity index (χ1n) is 8.16. The molecule has 24 heavy (non-hydrogen) atoms. The van der Waals surface area contributed by atoms with Crippen LogP contribution in [0.15, 0.2) is 24.3 Å². The normalized spacial score (nSPS) is 15.3. The monoisotopic (exact) mass is 330 g/mol. The number of nitrogens with zero attached hydrogens (tertiary/aromatic N) is 2. The van der Waals surface area contributed by atoms with Gasteiger partial charge in [-0.1, -0.05) is 6.07 Å². The second-order valence-corrected chi connectivity index (χ2v) is 5.62. The predicted molar refractivity (Wildman–Crippen MR) is 91.0 cm³/mol. The van der Waals surface area contributed by atoms with Gasteiger partial charge in [-0.25, -0.2) is 0 Å². The summed E-state index contributed by atoms with van der Waals surface area (Å²) in [7, 11) is 1.54. The van der Waals surface area contributed by atoms with Crippen molar-refractivity contribution in [1.29, 1.82) is 5.26 Å². The molecule has 6 heteroatoms. The standard InChI is InChI=1S/C18H23N3O3/c1-3-20-9-11-21(12-10-20)18(22)7-5-15-4-6-16(24-13-8-19)17(14-15)23-2/h4-7,14H,3,9-13H2,1-2H3/p+1/b7-5+. The highest BCUT2D eigenvalue weighted by Gasteiger charge is 2.20. The number of piperazine rings is 1. The third-order valence-corrected chi connectivity index (χ3v) is 4.18. The lowest BCUT2D eigenvalue weighted by molar-refractivity contribution is -0.902. The third-order valence-electron chi connectivity index (χ3n) is 4.18. The molecule has 1 aliphatic rings. The Hall–Kier alpha value is -2.52. The first kappa shape index (κ1) is 17.8. The van der Waals surface area contributed by atoms with E-state index in [9.17, 15) is 4.79 Å². The lowest BCUT2D eigenvalue weighted by Gasteiger charge is -2.30. The van der Waals surface area contributed by atoms with Gasteiger partial charge in [0.25, 0.3) is 0 Å². The molecule has 0 bridgehead atoms. The van der Waals surface area contributed by atoms with Crippen LogP contribution < -0.4 is 14.4 Å². The Morgan fingerprint density at radius 1 is 1.38 bits per heavy atom. The maximum Gasteiger partial charge on any atom is 0.246 e. The average molecular weight is 330 g/mol. The number of methoxy groups -OCH3 is 1. The van der Waals surface area contributed by atoms with E-state index in [1.807, 2.05) is 17.0 Å². The van der Waals surface area contributed by atoms with E-state index in [0.717, 1.165) is 38.3 Å². The summed E-state index contributed by atoms with van der Waals surface area (Å²) < 4.78 is 10.5. The Morgan fingerprint density at radius 3 is 2.75 bits per heavy atom. The van der Waals surface area contributed by atoms with Crippen LogP contribution in [-0.2, 0) is 4.79 Å². The van der Waals surface area contributed by atoms with Gasteiger partial charge in [-0.2, -0.15) is 5.26 Å². The van der Waals surface area contributed by atoms with Crippen molar-refractivity contribution in [1.82, 2.24) is 4.90 Å². The molecule has 6 nitrogen and oxygen atoms in total. The van der Waals surface area contributed by atoms with Crippen molar-refractivity contribution in [2.75, 3.05) is 46.4 Å². The highest BCUT2D eigenvalue weighted by molar-refractivity contribution is 5.91. The minimum Gasteiger partial charge on any atom is -0.493 e. The maximum atomic E-state index is 12.3. The molecule has 0 aliphatic carbocycles. The van der Waals surface area contributed by atoms with Crippen LogP contribution in [0.3, 0.4) is 0 Å². The summed E-state index contributed by atoms with van der Waals surface area (Å²) in [4.78, 5) is 15.7. The van der Waals surface area contributed by atoms with Crippen molar-refractivity contribution in [3.63, 3.8) is 0 Å². The Balaban J connectivity index is 1.98. The molecule has 1 heterocycles. The molecule has 1 aromatic rings. The van der Waals surface area contributed by atoms with Gasteiger partial charge in [-0.15, -0.1) is 0 Å². The fourth-order valence-corrected chi connectivity index (χ4v) is 2.69. The van der Waals surface area contributed by atoms with Crippen molar-refractivity contribution in [2.24, 2.45) is 0 Å². The number of nitriles is 1. The molecule has 1 aliphatic heterocycles. The molecule has 0 aromatic heterocycles. The predicted octanol–water partition coefficient (Wildman–Crippen LogP) is 0.358. The van der Waals surface area contributed by atoms with Crippen LogP contribution >= 0.6 is 0 Å². The van der Waals surface area contributed by atoms with E-state index in [2.05, 4.69) is 6.92 Å². The van der Waals surface area contributed by atoms with Gasteiger partial charge in [0.15, 0.2) is 18.1 Å². The Kier molecular flexibility index (Phi) is 6.64. The van der Waals surface area contributed by atoms with Gasteiger partial charge >= 0.3 is 0 Å². The number of carbonyl (C=O) groups excluding carboxylic acids is 1. The molecule has 1 aromatic carbocycles. The van der Waals surface area contributed by atoms with Gasteiger partial charge in [-0.3, -0.25) is 4.79 Å². The first-order chi connectivity index (χ1) is 11.7.